The molecule has 1 N–H and O–H groups in total. The van der Waals surface area contributed by atoms with Gasteiger partial charge in [0.25, 0.3) is 0 Å². The Morgan fingerprint density at radius 2 is 2.12 bits per heavy atom. The van der Waals surface area contributed by atoms with E-state index in [2.05, 4.69) is 27.4 Å². The van der Waals surface area contributed by atoms with Crippen molar-refractivity contribution in [3.63, 3.8) is 0 Å². The smallest absolute Gasteiger partial charge is 0.153 e. The first-order valence-corrected chi connectivity index (χ1v) is 6.09. The Kier molecular flexibility index (Phi) is 2.56. The van der Waals surface area contributed by atoms with Gasteiger partial charge in [-0.15, -0.1) is 0 Å². The van der Waals surface area contributed by atoms with E-state index in [0.29, 0.717) is 11.2 Å². The minimum Gasteiger partial charge on any atom is -0.512 e. The lowest BCUT2D eigenvalue weighted by atomic mass is 9.70. The van der Waals surface area contributed by atoms with Crippen molar-refractivity contribution >= 4 is 0 Å². The van der Waals surface area contributed by atoms with Crippen molar-refractivity contribution in [2.75, 3.05) is 0 Å². The van der Waals surface area contributed by atoms with Crippen LogP contribution >= 0.6 is 0 Å². The molecule has 2 nitrogen and oxygen atoms in total. The van der Waals surface area contributed by atoms with E-state index < -0.39 is 0 Å². The van der Waals surface area contributed by atoms with Gasteiger partial charge in [0.15, 0.2) is 5.76 Å². The minimum atomic E-state index is 0.220. The molecule has 0 aliphatic heterocycles. The molecule has 0 radical (unpaired) electrons. The van der Waals surface area contributed by atoms with Crippen LogP contribution in [0, 0.1) is 16.7 Å². The zero-order valence-electron chi connectivity index (χ0n) is 10.5. The van der Waals surface area contributed by atoms with E-state index in [4.69, 9.17) is 9.84 Å². The topological polar surface area (TPSA) is 29.5 Å². The lowest BCUT2D eigenvalue weighted by Crippen LogP contribution is -2.36. The highest BCUT2D eigenvalue weighted by molar-refractivity contribution is 5.14. The molecule has 2 bridgehead atoms. The van der Waals surface area contributed by atoms with Crippen molar-refractivity contribution in [3.05, 3.63) is 24.7 Å². The molecule has 0 amide bonds. The van der Waals surface area contributed by atoms with Crippen molar-refractivity contribution in [2.45, 2.75) is 46.1 Å². The largest absolute Gasteiger partial charge is 0.512 e. The summed E-state index contributed by atoms with van der Waals surface area (Å²) in [5.74, 6) is 1.25. The number of rotatable bonds is 3. The fourth-order valence-corrected chi connectivity index (χ4v) is 3.60. The van der Waals surface area contributed by atoms with Crippen LogP contribution in [0.25, 0.3) is 0 Å². The third-order valence-corrected chi connectivity index (χ3v) is 5.32. The van der Waals surface area contributed by atoms with Gasteiger partial charge in [0.1, 0.15) is 12.4 Å². The third kappa shape index (κ3) is 1.32. The van der Waals surface area contributed by atoms with Crippen LogP contribution in [0.4, 0.5) is 0 Å². The van der Waals surface area contributed by atoms with E-state index >= 15 is 0 Å². The second-order valence-electron chi connectivity index (χ2n) is 5.95. The number of aliphatic hydroxyl groups is 1. The first-order valence-electron chi connectivity index (χ1n) is 6.09. The van der Waals surface area contributed by atoms with Gasteiger partial charge in [-0.1, -0.05) is 27.4 Å². The number of hydrogen-bond acceptors (Lipinski definition) is 2. The van der Waals surface area contributed by atoms with Crippen LogP contribution < -0.4 is 0 Å². The maximum absolute atomic E-state index is 9.01. The molecule has 0 spiro atoms. The average Bonchev–Trinajstić information content (AvgIpc) is 2.58. The normalized spacial score (nSPS) is 41.1. The number of allylic oxidation sites excluding steroid dienone is 1. The van der Waals surface area contributed by atoms with Crippen LogP contribution in [0.2, 0.25) is 0 Å². The summed E-state index contributed by atoms with van der Waals surface area (Å²) in [5, 5.41) is 9.01. The van der Waals surface area contributed by atoms with Crippen LogP contribution in [0.3, 0.4) is 0 Å². The van der Waals surface area contributed by atoms with Crippen molar-refractivity contribution in [3.8, 4) is 0 Å². The van der Waals surface area contributed by atoms with Gasteiger partial charge in [0, 0.05) is 5.41 Å². The molecule has 0 saturated heterocycles. The van der Waals surface area contributed by atoms with E-state index in [1.165, 1.54) is 12.8 Å². The van der Waals surface area contributed by atoms with E-state index in [0.717, 1.165) is 18.6 Å². The Morgan fingerprint density at radius 1 is 1.44 bits per heavy atom. The van der Waals surface area contributed by atoms with Gasteiger partial charge in [-0.2, -0.15) is 0 Å². The average molecular weight is 222 g/mol. The van der Waals surface area contributed by atoms with Crippen molar-refractivity contribution in [1.29, 1.82) is 0 Å². The van der Waals surface area contributed by atoms with Crippen LogP contribution in [0.15, 0.2) is 24.7 Å². The quantitative estimate of drug-likeness (QED) is 0.581. The zero-order chi connectivity index (χ0) is 12.0. The SMILES string of the molecule is C=C/C(=C/O)OC1CC2CCC1(C)C2(C)C. The second-order valence-corrected chi connectivity index (χ2v) is 5.95. The van der Waals surface area contributed by atoms with Gasteiger partial charge in [-0.3, -0.25) is 0 Å². The highest BCUT2D eigenvalue weighted by Crippen LogP contribution is 2.66. The molecule has 0 aromatic heterocycles. The lowest BCUT2D eigenvalue weighted by molar-refractivity contribution is -0.00984. The van der Waals surface area contributed by atoms with Crippen molar-refractivity contribution in [2.24, 2.45) is 16.7 Å². The molecular weight excluding hydrogens is 200 g/mol. The molecule has 2 aliphatic carbocycles. The molecule has 3 atom stereocenters. The zero-order valence-corrected chi connectivity index (χ0v) is 10.5. The van der Waals surface area contributed by atoms with Crippen LogP contribution in [-0.2, 0) is 4.74 Å². The summed E-state index contributed by atoms with van der Waals surface area (Å²) in [6.45, 7) is 10.7. The molecular formula is C14H22O2. The Bertz CT molecular complexity index is 330. The van der Waals surface area contributed by atoms with Gasteiger partial charge in [-0.05, 0) is 36.7 Å². The third-order valence-electron chi connectivity index (χ3n) is 5.32. The van der Waals surface area contributed by atoms with Crippen LogP contribution in [0.5, 0.6) is 0 Å². The summed E-state index contributed by atoms with van der Waals surface area (Å²) in [6.07, 6.45) is 6.45. The Labute approximate surface area is 98.0 Å². The molecule has 16 heavy (non-hydrogen) atoms. The monoisotopic (exact) mass is 222 g/mol. The molecule has 2 rings (SSSR count). The molecule has 2 aliphatic rings. The summed E-state index contributed by atoms with van der Waals surface area (Å²) in [6, 6.07) is 0. The number of hydrogen-bond donors (Lipinski definition) is 1. The van der Waals surface area contributed by atoms with Gasteiger partial charge in [0.2, 0.25) is 0 Å². The fraction of sp³-hybridized carbons (Fsp3) is 0.714. The fourth-order valence-electron chi connectivity index (χ4n) is 3.60. The van der Waals surface area contributed by atoms with E-state index in [-0.39, 0.29) is 11.5 Å². The number of fused-ring (bicyclic) bond motifs is 2. The van der Waals surface area contributed by atoms with E-state index in [1.54, 1.807) is 6.08 Å². The first-order chi connectivity index (χ1) is 7.45. The van der Waals surface area contributed by atoms with E-state index in [9.17, 15) is 0 Å². The number of ether oxygens (including phenoxy) is 1. The number of aliphatic hydroxyl groups excluding tert-OH is 1. The molecule has 2 fully saturated rings. The molecule has 2 saturated carbocycles. The first kappa shape index (κ1) is 11.6. The molecule has 3 unspecified atom stereocenters. The van der Waals surface area contributed by atoms with Gasteiger partial charge >= 0.3 is 0 Å². The Balaban J connectivity index is 2.19. The highest BCUT2D eigenvalue weighted by Gasteiger charge is 2.62. The summed E-state index contributed by atoms with van der Waals surface area (Å²) >= 11 is 0. The summed E-state index contributed by atoms with van der Waals surface area (Å²) in [5.41, 5.74) is 0.578. The molecule has 90 valence electrons. The molecule has 2 heteroatoms. The van der Waals surface area contributed by atoms with E-state index in [1.807, 2.05) is 0 Å². The Hall–Kier alpha value is -0.920. The van der Waals surface area contributed by atoms with Crippen molar-refractivity contribution < 1.29 is 9.84 Å². The molecule has 0 aromatic rings. The molecule has 0 heterocycles. The molecule has 0 aromatic carbocycles. The standard InChI is InChI=1S/C14H22O2/c1-5-11(9-15)16-12-8-10-6-7-14(12,4)13(10,2)3/h5,9-10,12,15H,1,6-8H2,2-4H3/b11-9-. The van der Waals surface area contributed by atoms with Gasteiger partial charge < -0.3 is 9.84 Å². The lowest BCUT2D eigenvalue weighted by Gasteiger charge is -2.38. The second kappa shape index (κ2) is 3.54. The van der Waals surface area contributed by atoms with Gasteiger partial charge in [0.05, 0.1) is 0 Å². The van der Waals surface area contributed by atoms with Gasteiger partial charge in [-0.25, -0.2) is 0 Å². The highest BCUT2D eigenvalue weighted by atomic mass is 16.5. The van der Waals surface area contributed by atoms with Crippen LogP contribution in [-0.4, -0.2) is 11.2 Å². The predicted molar refractivity (Wildman–Crippen MR) is 65.0 cm³/mol. The maximum Gasteiger partial charge on any atom is 0.153 e. The summed E-state index contributed by atoms with van der Waals surface area (Å²) in [4.78, 5) is 0. The minimum absolute atomic E-state index is 0.220. The maximum atomic E-state index is 9.01. The predicted octanol–water partition coefficient (Wildman–Crippen LogP) is 3.80. The Morgan fingerprint density at radius 3 is 2.50 bits per heavy atom. The van der Waals surface area contributed by atoms with Crippen molar-refractivity contribution in [1.82, 2.24) is 0 Å². The summed E-state index contributed by atoms with van der Waals surface area (Å²) in [7, 11) is 0. The summed E-state index contributed by atoms with van der Waals surface area (Å²) < 4.78 is 5.88. The van der Waals surface area contributed by atoms with Crippen LogP contribution in [0.1, 0.15) is 40.0 Å².